The lowest BCUT2D eigenvalue weighted by Gasteiger charge is -2.28. The second-order valence-corrected chi connectivity index (χ2v) is 3.41. The standard InChI is InChI=1S/C11H21NO4/c1-4-9(5-2)12(7-8-13)10(14)11(15)16-6-3/h9,13H,4-8H2,1-3H3. The largest absolute Gasteiger partial charge is 0.459 e. The van der Waals surface area contributed by atoms with Crippen molar-refractivity contribution in [3.8, 4) is 0 Å². The molecule has 0 rings (SSSR count). The number of esters is 1. The summed E-state index contributed by atoms with van der Waals surface area (Å²) in [6, 6.07) is -0.0240. The Labute approximate surface area is 96.4 Å². The van der Waals surface area contributed by atoms with Gasteiger partial charge in [-0.1, -0.05) is 13.8 Å². The van der Waals surface area contributed by atoms with E-state index in [1.54, 1.807) is 6.92 Å². The first-order valence-corrected chi connectivity index (χ1v) is 5.70. The molecule has 5 nitrogen and oxygen atoms in total. The number of hydrogen-bond acceptors (Lipinski definition) is 4. The lowest BCUT2D eigenvalue weighted by molar-refractivity contribution is -0.161. The average molecular weight is 231 g/mol. The molecule has 0 spiro atoms. The topological polar surface area (TPSA) is 66.8 Å². The number of ether oxygens (including phenoxy) is 1. The smallest absolute Gasteiger partial charge is 0.397 e. The van der Waals surface area contributed by atoms with Crippen LogP contribution in [-0.4, -0.2) is 47.7 Å². The van der Waals surface area contributed by atoms with Gasteiger partial charge in [-0.3, -0.25) is 4.79 Å². The first-order valence-electron chi connectivity index (χ1n) is 5.70. The van der Waals surface area contributed by atoms with Crippen molar-refractivity contribution in [1.82, 2.24) is 4.90 Å². The van der Waals surface area contributed by atoms with Crippen LogP contribution in [0.1, 0.15) is 33.6 Å². The maximum atomic E-state index is 11.7. The molecule has 1 amide bonds. The highest BCUT2D eigenvalue weighted by Crippen LogP contribution is 2.09. The van der Waals surface area contributed by atoms with Gasteiger partial charge in [0, 0.05) is 12.6 Å². The zero-order valence-electron chi connectivity index (χ0n) is 10.2. The lowest BCUT2D eigenvalue weighted by atomic mass is 10.1. The SMILES string of the molecule is CCOC(=O)C(=O)N(CCO)C(CC)CC. The van der Waals surface area contributed by atoms with Gasteiger partial charge in [0.15, 0.2) is 0 Å². The van der Waals surface area contributed by atoms with Crippen LogP contribution in [-0.2, 0) is 14.3 Å². The quantitative estimate of drug-likeness (QED) is 0.536. The molecule has 1 N–H and O–H groups in total. The van der Waals surface area contributed by atoms with E-state index in [1.807, 2.05) is 13.8 Å². The van der Waals surface area contributed by atoms with Crippen molar-refractivity contribution in [2.75, 3.05) is 19.8 Å². The van der Waals surface area contributed by atoms with E-state index < -0.39 is 11.9 Å². The van der Waals surface area contributed by atoms with E-state index in [-0.39, 0.29) is 25.8 Å². The summed E-state index contributed by atoms with van der Waals surface area (Å²) in [6.07, 6.45) is 1.50. The van der Waals surface area contributed by atoms with Crippen molar-refractivity contribution in [2.24, 2.45) is 0 Å². The zero-order chi connectivity index (χ0) is 12.6. The Balaban J connectivity index is 4.62. The van der Waals surface area contributed by atoms with Crippen LogP contribution in [0.5, 0.6) is 0 Å². The Morgan fingerprint density at radius 2 is 1.81 bits per heavy atom. The zero-order valence-corrected chi connectivity index (χ0v) is 10.2. The highest BCUT2D eigenvalue weighted by molar-refractivity contribution is 6.32. The van der Waals surface area contributed by atoms with Gasteiger partial charge in [0.25, 0.3) is 0 Å². The van der Waals surface area contributed by atoms with Gasteiger partial charge in [0.2, 0.25) is 0 Å². The van der Waals surface area contributed by atoms with E-state index in [1.165, 1.54) is 4.90 Å². The Hall–Kier alpha value is -1.10. The molecule has 0 aliphatic rings. The van der Waals surface area contributed by atoms with Crippen LogP contribution < -0.4 is 0 Å². The van der Waals surface area contributed by atoms with Gasteiger partial charge in [-0.05, 0) is 19.8 Å². The second-order valence-electron chi connectivity index (χ2n) is 3.41. The minimum absolute atomic E-state index is 0.0240. The third kappa shape index (κ3) is 4.18. The van der Waals surface area contributed by atoms with Crippen molar-refractivity contribution >= 4 is 11.9 Å². The van der Waals surface area contributed by atoms with E-state index in [4.69, 9.17) is 5.11 Å². The van der Waals surface area contributed by atoms with Crippen LogP contribution in [0.15, 0.2) is 0 Å². The molecule has 0 fully saturated rings. The molecule has 0 unspecified atom stereocenters. The van der Waals surface area contributed by atoms with Gasteiger partial charge < -0.3 is 14.7 Å². The number of carbonyl (C=O) groups is 2. The van der Waals surface area contributed by atoms with E-state index in [0.29, 0.717) is 0 Å². The van der Waals surface area contributed by atoms with Crippen LogP contribution >= 0.6 is 0 Å². The molecular formula is C11H21NO4. The number of carbonyl (C=O) groups excluding carboxylic acids is 2. The molecule has 0 saturated carbocycles. The number of amides is 1. The van der Waals surface area contributed by atoms with Crippen LogP contribution in [0.4, 0.5) is 0 Å². The lowest BCUT2D eigenvalue weighted by Crippen LogP contribution is -2.45. The van der Waals surface area contributed by atoms with Gasteiger partial charge in [-0.2, -0.15) is 0 Å². The van der Waals surface area contributed by atoms with Crippen molar-refractivity contribution in [1.29, 1.82) is 0 Å². The van der Waals surface area contributed by atoms with Crippen LogP contribution in [0, 0.1) is 0 Å². The van der Waals surface area contributed by atoms with Gasteiger partial charge in [0.05, 0.1) is 13.2 Å². The van der Waals surface area contributed by atoms with Gasteiger partial charge in [-0.15, -0.1) is 0 Å². The second kappa shape index (κ2) is 8.10. The Kier molecular flexibility index (Phi) is 7.54. The third-order valence-corrected chi connectivity index (χ3v) is 2.44. The summed E-state index contributed by atoms with van der Waals surface area (Å²) in [7, 11) is 0. The maximum Gasteiger partial charge on any atom is 0.397 e. The van der Waals surface area contributed by atoms with Crippen LogP contribution in [0.2, 0.25) is 0 Å². The van der Waals surface area contributed by atoms with Crippen LogP contribution in [0.25, 0.3) is 0 Å². The monoisotopic (exact) mass is 231 g/mol. The molecule has 0 aromatic carbocycles. The summed E-state index contributed by atoms with van der Waals surface area (Å²) in [6.45, 7) is 5.73. The maximum absolute atomic E-state index is 11.7. The number of rotatable bonds is 6. The molecule has 5 heteroatoms. The van der Waals surface area contributed by atoms with E-state index in [2.05, 4.69) is 4.74 Å². The van der Waals surface area contributed by atoms with E-state index >= 15 is 0 Å². The summed E-state index contributed by atoms with van der Waals surface area (Å²) in [4.78, 5) is 24.4. The summed E-state index contributed by atoms with van der Waals surface area (Å²) in [5.74, 6) is -1.51. The van der Waals surface area contributed by atoms with Crippen molar-refractivity contribution in [2.45, 2.75) is 39.7 Å². The molecule has 94 valence electrons. The minimum Gasteiger partial charge on any atom is -0.459 e. The molecule has 0 atom stereocenters. The van der Waals surface area contributed by atoms with E-state index in [9.17, 15) is 9.59 Å². The molecule has 16 heavy (non-hydrogen) atoms. The number of aliphatic hydroxyl groups excluding tert-OH is 1. The number of nitrogens with zero attached hydrogens (tertiary/aromatic N) is 1. The molecule has 0 aromatic rings. The first-order chi connectivity index (χ1) is 7.62. The summed E-state index contributed by atoms with van der Waals surface area (Å²) in [5, 5.41) is 8.89. The highest BCUT2D eigenvalue weighted by atomic mass is 16.5. The Morgan fingerprint density at radius 3 is 2.19 bits per heavy atom. The van der Waals surface area contributed by atoms with Crippen LogP contribution in [0.3, 0.4) is 0 Å². The molecule has 0 aliphatic carbocycles. The highest BCUT2D eigenvalue weighted by Gasteiger charge is 2.27. The van der Waals surface area contributed by atoms with Gasteiger partial charge in [0.1, 0.15) is 0 Å². The third-order valence-electron chi connectivity index (χ3n) is 2.44. The molecule has 0 radical (unpaired) electrons. The molecular weight excluding hydrogens is 210 g/mol. The molecule has 0 aliphatic heterocycles. The molecule has 0 heterocycles. The first kappa shape index (κ1) is 14.9. The fraction of sp³-hybridized carbons (Fsp3) is 0.818. The minimum atomic E-state index is -0.845. The molecule has 0 bridgehead atoms. The number of aliphatic hydroxyl groups is 1. The molecule has 0 aromatic heterocycles. The number of hydrogen-bond donors (Lipinski definition) is 1. The van der Waals surface area contributed by atoms with Gasteiger partial charge >= 0.3 is 11.9 Å². The molecule has 0 saturated heterocycles. The Morgan fingerprint density at radius 1 is 1.25 bits per heavy atom. The summed E-state index contributed by atoms with van der Waals surface area (Å²) in [5.41, 5.74) is 0. The average Bonchev–Trinajstić information content (AvgIpc) is 2.29. The fourth-order valence-electron chi connectivity index (χ4n) is 1.60. The fourth-order valence-corrected chi connectivity index (χ4v) is 1.60. The Bertz CT molecular complexity index is 226. The van der Waals surface area contributed by atoms with Gasteiger partial charge in [-0.25, -0.2) is 4.79 Å². The summed E-state index contributed by atoms with van der Waals surface area (Å²) >= 11 is 0. The van der Waals surface area contributed by atoms with E-state index in [0.717, 1.165) is 12.8 Å². The predicted molar refractivity (Wildman–Crippen MR) is 59.8 cm³/mol. The van der Waals surface area contributed by atoms with Crippen molar-refractivity contribution in [3.05, 3.63) is 0 Å². The van der Waals surface area contributed by atoms with Crippen molar-refractivity contribution in [3.63, 3.8) is 0 Å². The normalized spacial score (nSPS) is 10.3. The van der Waals surface area contributed by atoms with Crippen molar-refractivity contribution < 1.29 is 19.4 Å². The summed E-state index contributed by atoms with van der Waals surface area (Å²) < 4.78 is 4.66. The predicted octanol–water partition coefficient (Wildman–Crippen LogP) is 0.559.